The molecule has 1 aromatic heterocycles. The Balaban J connectivity index is 2.19. The standard InChI is InChI=1S/C12H10BrN3OS/c1-18-9-5-3-2-4-8(9)12(17)16-11-7-14-10(13)6-15-11/h2-7H,1H3,(H,15,16,17). The number of carbonyl (C=O) groups excluding carboxylic acids is 1. The molecule has 1 heterocycles. The predicted octanol–water partition coefficient (Wildman–Crippen LogP) is 3.21. The SMILES string of the molecule is CSc1ccccc1C(=O)Nc1cnc(Br)cn1. The summed E-state index contributed by atoms with van der Waals surface area (Å²) in [4.78, 5) is 21.1. The van der Waals surface area contributed by atoms with Gasteiger partial charge >= 0.3 is 0 Å². The van der Waals surface area contributed by atoms with Gasteiger partial charge in [0.25, 0.3) is 5.91 Å². The summed E-state index contributed by atoms with van der Waals surface area (Å²) < 4.78 is 0.630. The Morgan fingerprint density at radius 2 is 2.06 bits per heavy atom. The van der Waals surface area contributed by atoms with Crippen LogP contribution in [0.5, 0.6) is 0 Å². The van der Waals surface area contributed by atoms with Crippen LogP contribution in [0, 0.1) is 0 Å². The minimum absolute atomic E-state index is 0.184. The molecule has 0 radical (unpaired) electrons. The first-order chi connectivity index (χ1) is 8.70. The van der Waals surface area contributed by atoms with Crippen LogP contribution >= 0.6 is 27.7 Å². The molecule has 4 nitrogen and oxygen atoms in total. The second kappa shape index (κ2) is 5.97. The van der Waals surface area contributed by atoms with Crippen molar-refractivity contribution < 1.29 is 4.79 Å². The maximum atomic E-state index is 12.1. The number of nitrogens with zero attached hydrogens (tertiary/aromatic N) is 2. The van der Waals surface area contributed by atoms with Gasteiger partial charge in [-0.1, -0.05) is 12.1 Å². The van der Waals surface area contributed by atoms with Gasteiger partial charge in [0.05, 0.1) is 18.0 Å². The van der Waals surface area contributed by atoms with Crippen molar-refractivity contribution in [3.05, 3.63) is 46.8 Å². The zero-order valence-corrected chi connectivity index (χ0v) is 12.0. The summed E-state index contributed by atoms with van der Waals surface area (Å²) in [6.07, 6.45) is 4.98. The van der Waals surface area contributed by atoms with Gasteiger partial charge in [0.1, 0.15) is 4.60 Å². The fraction of sp³-hybridized carbons (Fsp3) is 0.0833. The number of rotatable bonds is 3. The van der Waals surface area contributed by atoms with Gasteiger partial charge in [-0.3, -0.25) is 4.79 Å². The number of anilines is 1. The van der Waals surface area contributed by atoms with Gasteiger partial charge in [-0.15, -0.1) is 11.8 Å². The van der Waals surface area contributed by atoms with Crippen LogP contribution in [-0.2, 0) is 0 Å². The minimum atomic E-state index is -0.184. The molecule has 0 aliphatic rings. The van der Waals surface area contributed by atoms with Crippen LogP contribution in [-0.4, -0.2) is 22.1 Å². The van der Waals surface area contributed by atoms with E-state index >= 15 is 0 Å². The number of hydrogen-bond donors (Lipinski definition) is 1. The van der Waals surface area contributed by atoms with Gasteiger partial charge in [0, 0.05) is 4.90 Å². The molecule has 0 aliphatic heterocycles. The molecule has 1 aromatic carbocycles. The van der Waals surface area contributed by atoms with Crippen LogP contribution < -0.4 is 5.32 Å². The second-order valence-electron chi connectivity index (χ2n) is 3.38. The molecule has 0 spiro atoms. The van der Waals surface area contributed by atoms with E-state index in [1.807, 2.05) is 24.5 Å². The van der Waals surface area contributed by atoms with Gasteiger partial charge in [-0.2, -0.15) is 0 Å². The van der Waals surface area contributed by atoms with Crippen LogP contribution in [0.2, 0.25) is 0 Å². The van der Waals surface area contributed by atoms with Crippen molar-refractivity contribution in [1.82, 2.24) is 9.97 Å². The monoisotopic (exact) mass is 323 g/mol. The molecule has 92 valence electrons. The maximum absolute atomic E-state index is 12.1. The molecule has 6 heteroatoms. The summed E-state index contributed by atoms with van der Waals surface area (Å²) in [5.41, 5.74) is 0.634. The molecular weight excluding hydrogens is 314 g/mol. The summed E-state index contributed by atoms with van der Waals surface area (Å²) in [5, 5.41) is 2.71. The molecule has 0 unspecified atom stereocenters. The Hall–Kier alpha value is -1.40. The average molecular weight is 324 g/mol. The lowest BCUT2D eigenvalue weighted by Crippen LogP contribution is -2.14. The fourth-order valence-corrected chi connectivity index (χ4v) is 2.19. The molecule has 0 saturated carbocycles. The van der Waals surface area contributed by atoms with Crippen LogP contribution in [0.15, 0.2) is 46.2 Å². The van der Waals surface area contributed by atoms with Gasteiger partial charge in [0.15, 0.2) is 5.82 Å². The minimum Gasteiger partial charge on any atom is -0.305 e. The second-order valence-corrected chi connectivity index (χ2v) is 5.04. The number of aromatic nitrogens is 2. The van der Waals surface area contributed by atoms with E-state index in [-0.39, 0.29) is 5.91 Å². The summed E-state index contributed by atoms with van der Waals surface area (Å²) in [6, 6.07) is 7.43. The Morgan fingerprint density at radius 3 is 2.72 bits per heavy atom. The molecule has 0 atom stereocenters. The van der Waals surface area contributed by atoms with E-state index in [0.29, 0.717) is 16.0 Å². The van der Waals surface area contributed by atoms with Crippen molar-refractivity contribution in [1.29, 1.82) is 0 Å². The van der Waals surface area contributed by atoms with Crippen LogP contribution in [0.4, 0.5) is 5.82 Å². The van der Waals surface area contributed by atoms with Crippen molar-refractivity contribution in [3.8, 4) is 0 Å². The Morgan fingerprint density at radius 1 is 1.28 bits per heavy atom. The Bertz CT molecular complexity index is 560. The van der Waals surface area contributed by atoms with Crippen molar-refractivity contribution in [2.45, 2.75) is 4.90 Å². The molecule has 0 aliphatic carbocycles. The van der Waals surface area contributed by atoms with E-state index in [9.17, 15) is 4.79 Å². The van der Waals surface area contributed by atoms with Crippen LogP contribution in [0.25, 0.3) is 0 Å². The molecule has 2 rings (SSSR count). The summed E-state index contributed by atoms with van der Waals surface area (Å²) in [7, 11) is 0. The third-order valence-electron chi connectivity index (χ3n) is 2.21. The van der Waals surface area contributed by atoms with E-state index in [2.05, 4.69) is 31.2 Å². The third kappa shape index (κ3) is 3.08. The predicted molar refractivity (Wildman–Crippen MR) is 75.9 cm³/mol. The number of benzene rings is 1. The van der Waals surface area contributed by atoms with Crippen molar-refractivity contribution in [2.75, 3.05) is 11.6 Å². The highest BCUT2D eigenvalue weighted by molar-refractivity contribution is 9.10. The van der Waals surface area contributed by atoms with Crippen molar-refractivity contribution in [2.24, 2.45) is 0 Å². The average Bonchev–Trinajstić information content (AvgIpc) is 2.41. The molecule has 0 saturated heterocycles. The lowest BCUT2D eigenvalue weighted by atomic mass is 10.2. The lowest BCUT2D eigenvalue weighted by Gasteiger charge is -2.07. The number of carbonyl (C=O) groups is 1. The number of halogens is 1. The van der Waals surface area contributed by atoms with Gasteiger partial charge < -0.3 is 5.32 Å². The van der Waals surface area contributed by atoms with E-state index < -0.39 is 0 Å². The van der Waals surface area contributed by atoms with E-state index in [1.54, 1.807) is 6.07 Å². The quantitative estimate of drug-likeness (QED) is 0.881. The number of amides is 1. The van der Waals surface area contributed by atoms with Crippen molar-refractivity contribution in [3.63, 3.8) is 0 Å². The van der Waals surface area contributed by atoms with Crippen LogP contribution in [0.3, 0.4) is 0 Å². The van der Waals surface area contributed by atoms with Gasteiger partial charge in [-0.05, 0) is 34.3 Å². The number of thioether (sulfide) groups is 1. The third-order valence-corrected chi connectivity index (χ3v) is 3.42. The highest BCUT2D eigenvalue weighted by atomic mass is 79.9. The van der Waals surface area contributed by atoms with Gasteiger partial charge in [-0.25, -0.2) is 9.97 Å². The number of hydrogen-bond acceptors (Lipinski definition) is 4. The first kappa shape index (κ1) is 13.0. The maximum Gasteiger partial charge on any atom is 0.257 e. The van der Waals surface area contributed by atoms with E-state index in [4.69, 9.17) is 0 Å². The summed E-state index contributed by atoms with van der Waals surface area (Å²) in [6.45, 7) is 0. The van der Waals surface area contributed by atoms with Gasteiger partial charge in [0.2, 0.25) is 0 Å². The molecule has 18 heavy (non-hydrogen) atoms. The first-order valence-corrected chi connectivity index (χ1v) is 7.14. The Labute approximate surface area is 117 Å². The normalized spacial score (nSPS) is 10.1. The highest BCUT2D eigenvalue weighted by Crippen LogP contribution is 2.20. The summed E-state index contributed by atoms with van der Waals surface area (Å²) in [5.74, 6) is 0.246. The van der Waals surface area contributed by atoms with Crippen molar-refractivity contribution >= 4 is 39.4 Å². The molecule has 1 amide bonds. The zero-order valence-electron chi connectivity index (χ0n) is 9.55. The molecule has 1 N–H and O–H groups in total. The molecule has 0 fully saturated rings. The smallest absolute Gasteiger partial charge is 0.257 e. The van der Waals surface area contributed by atoms with E-state index in [1.165, 1.54) is 24.2 Å². The fourth-order valence-electron chi connectivity index (χ4n) is 1.39. The highest BCUT2D eigenvalue weighted by Gasteiger charge is 2.10. The first-order valence-electron chi connectivity index (χ1n) is 5.12. The van der Waals surface area contributed by atoms with E-state index in [0.717, 1.165) is 4.90 Å². The van der Waals surface area contributed by atoms with Crippen LogP contribution in [0.1, 0.15) is 10.4 Å². The lowest BCUT2D eigenvalue weighted by molar-refractivity contribution is 0.102. The topological polar surface area (TPSA) is 54.9 Å². The number of nitrogens with one attached hydrogen (secondary N) is 1. The summed E-state index contributed by atoms with van der Waals surface area (Å²) >= 11 is 4.72. The molecule has 2 aromatic rings. The zero-order chi connectivity index (χ0) is 13.0. The Kier molecular flexibility index (Phi) is 4.33. The molecule has 0 bridgehead atoms. The largest absolute Gasteiger partial charge is 0.305 e. The molecular formula is C12H10BrN3OS.